The first-order valence-corrected chi connectivity index (χ1v) is 7.96. The summed E-state index contributed by atoms with van der Waals surface area (Å²) in [5, 5.41) is 0. The Morgan fingerprint density at radius 2 is 1.31 bits per heavy atom. The number of benzene rings is 1. The van der Waals surface area contributed by atoms with Gasteiger partial charge in [-0.15, -0.1) is 13.2 Å². The van der Waals surface area contributed by atoms with E-state index in [0.717, 1.165) is 13.7 Å². The highest BCUT2D eigenvalue weighted by atomic mass is 16.5. The second-order valence-electron chi connectivity index (χ2n) is 5.32. The Kier molecular flexibility index (Phi) is 6.37. The molecule has 1 aromatic carbocycles. The molecule has 2 rings (SSSR count). The number of rotatable bonds is 9. The highest BCUT2D eigenvalue weighted by Gasteiger charge is 2.14. The van der Waals surface area contributed by atoms with E-state index in [1.165, 1.54) is 12.2 Å². The van der Waals surface area contributed by atoms with Gasteiger partial charge in [0.05, 0.1) is 26.7 Å². The predicted molar refractivity (Wildman–Crippen MR) is 98.1 cm³/mol. The van der Waals surface area contributed by atoms with Crippen LogP contribution in [0.2, 0.25) is 0 Å². The topological polar surface area (TPSA) is 84.5 Å². The van der Waals surface area contributed by atoms with Crippen molar-refractivity contribution in [2.24, 2.45) is 0 Å². The van der Waals surface area contributed by atoms with Crippen molar-refractivity contribution in [3.63, 3.8) is 0 Å². The number of hydrogen-bond donors (Lipinski definition) is 0. The quantitative estimate of drug-likeness (QED) is 0.613. The molecule has 0 radical (unpaired) electrons. The molecule has 8 heteroatoms. The first-order valence-electron chi connectivity index (χ1n) is 7.96. The normalized spacial score (nSPS) is 10.3. The number of allylic oxidation sites excluding steroid dienone is 2. The molecular formula is C18H21N3O5. The van der Waals surface area contributed by atoms with Crippen molar-refractivity contribution in [1.29, 1.82) is 0 Å². The van der Waals surface area contributed by atoms with Gasteiger partial charge in [-0.25, -0.2) is 28.1 Å². The van der Waals surface area contributed by atoms with Gasteiger partial charge in [-0.1, -0.05) is 12.2 Å². The van der Waals surface area contributed by atoms with Gasteiger partial charge in [0.15, 0.2) is 0 Å². The molecule has 0 bridgehead atoms. The molecular weight excluding hydrogens is 338 g/mol. The Hall–Kier alpha value is -3.29. The zero-order valence-electron chi connectivity index (χ0n) is 14.6. The summed E-state index contributed by atoms with van der Waals surface area (Å²) >= 11 is 0. The van der Waals surface area contributed by atoms with Crippen LogP contribution in [0.3, 0.4) is 0 Å². The number of hydrogen-bond acceptors (Lipinski definition) is 5. The number of methoxy groups -OCH3 is 1. The van der Waals surface area contributed by atoms with Crippen molar-refractivity contribution < 1.29 is 9.47 Å². The van der Waals surface area contributed by atoms with E-state index < -0.39 is 17.1 Å². The van der Waals surface area contributed by atoms with Crippen LogP contribution < -0.4 is 26.5 Å². The average Bonchev–Trinajstić information content (AvgIpc) is 2.65. The molecule has 0 amide bonds. The fraction of sp³-hybridized carbons (Fsp3) is 0.278. The molecule has 0 unspecified atom stereocenters. The molecule has 0 saturated carbocycles. The third-order valence-corrected chi connectivity index (χ3v) is 3.65. The summed E-state index contributed by atoms with van der Waals surface area (Å²) < 4.78 is 13.5. The maximum absolute atomic E-state index is 12.4. The van der Waals surface area contributed by atoms with Crippen LogP contribution >= 0.6 is 0 Å². The summed E-state index contributed by atoms with van der Waals surface area (Å²) in [7, 11) is 1.56. The molecule has 8 nitrogen and oxygen atoms in total. The molecule has 0 aliphatic carbocycles. The van der Waals surface area contributed by atoms with Crippen molar-refractivity contribution >= 4 is 0 Å². The second-order valence-corrected chi connectivity index (χ2v) is 5.32. The predicted octanol–water partition coefficient (Wildman–Crippen LogP) is 0.631. The molecule has 1 heterocycles. The molecule has 0 spiro atoms. The van der Waals surface area contributed by atoms with Crippen LogP contribution in [0, 0.1) is 0 Å². The molecule has 138 valence electrons. The van der Waals surface area contributed by atoms with Crippen LogP contribution in [0.25, 0.3) is 0 Å². The Balaban J connectivity index is 2.28. The Labute approximate surface area is 149 Å². The van der Waals surface area contributed by atoms with Gasteiger partial charge in [-0.2, -0.15) is 0 Å². The average molecular weight is 359 g/mol. The van der Waals surface area contributed by atoms with E-state index in [2.05, 4.69) is 13.2 Å². The van der Waals surface area contributed by atoms with Crippen LogP contribution in [0.1, 0.15) is 0 Å². The molecule has 26 heavy (non-hydrogen) atoms. The minimum absolute atomic E-state index is 0.00172. The summed E-state index contributed by atoms with van der Waals surface area (Å²) in [6.45, 7) is 7.16. The summed E-state index contributed by atoms with van der Waals surface area (Å²) in [4.78, 5) is 37.2. The van der Waals surface area contributed by atoms with Crippen LogP contribution in [0.4, 0.5) is 0 Å². The minimum Gasteiger partial charge on any atom is -0.497 e. The maximum atomic E-state index is 12.4. The molecule has 0 saturated heterocycles. The van der Waals surface area contributed by atoms with Crippen LogP contribution in [0.5, 0.6) is 11.5 Å². The molecule has 0 atom stereocenters. The lowest BCUT2D eigenvalue weighted by atomic mass is 10.3. The molecule has 2 aromatic rings. The minimum atomic E-state index is -0.696. The fourth-order valence-corrected chi connectivity index (χ4v) is 2.37. The van der Waals surface area contributed by atoms with Gasteiger partial charge in [0.2, 0.25) is 0 Å². The maximum Gasteiger partial charge on any atom is 0.336 e. The Morgan fingerprint density at radius 1 is 0.846 bits per heavy atom. The summed E-state index contributed by atoms with van der Waals surface area (Å²) in [6, 6.07) is 6.91. The Bertz CT molecular complexity index is 903. The zero-order valence-corrected chi connectivity index (χ0v) is 14.6. The van der Waals surface area contributed by atoms with Crippen molar-refractivity contribution in [3.05, 3.63) is 81.0 Å². The van der Waals surface area contributed by atoms with Gasteiger partial charge in [0.25, 0.3) is 0 Å². The van der Waals surface area contributed by atoms with E-state index in [-0.39, 0.29) is 26.2 Å². The molecule has 0 aliphatic heterocycles. The first-order chi connectivity index (χ1) is 12.5. The lowest BCUT2D eigenvalue weighted by Crippen LogP contribution is -2.54. The van der Waals surface area contributed by atoms with Gasteiger partial charge in [0.1, 0.15) is 18.1 Å². The highest BCUT2D eigenvalue weighted by molar-refractivity contribution is 5.31. The monoisotopic (exact) mass is 359 g/mol. The second kappa shape index (κ2) is 8.70. The van der Waals surface area contributed by atoms with Gasteiger partial charge >= 0.3 is 17.1 Å². The molecule has 1 aromatic heterocycles. The van der Waals surface area contributed by atoms with Crippen molar-refractivity contribution in [1.82, 2.24) is 13.7 Å². The Morgan fingerprint density at radius 3 is 1.77 bits per heavy atom. The number of aromatic nitrogens is 3. The third kappa shape index (κ3) is 4.02. The van der Waals surface area contributed by atoms with E-state index in [1.807, 2.05) is 0 Å². The van der Waals surface area contributed by atoms with Gasteiger partial charge < -0.3 is 9.47 Å². The van der Waals surface area contributed by atoms with Crippen molar-refractivity contribution in [3.8, 4) is 11.5 Å². The van der Waals surface area contributed by atoms with Crippen molar-refractivity contribution in [2.45, 2.75) is 19.6 Å². The fourth-order valence-electron chi connectivity index (χ4n) is 2.37. The summed E-state index contributed by atoms with van der Waals surface area (Å²) in [6.07, 6.45) is 2.84. The van der Waals surface area contributed by atoms with Crippen LogP contribution in [-0.4, -0.2) is 27.4 Å². The van der Waals surface area contributed by atoms with Gasteiger partial charge in [-0.3, -0.25) is 0 Å². The van der Waals surface area contributed by atoms with Gasteiger partial charge in [0, 0.05) is 0 Å². The molecule has 0 fully saturated rings. The lowest BCUT2D eigenvalue weighted by molar-refractivity contribution is 0.286. The smallest absolute Gasteiger partial charge is 0.336 e. The van der Waals surface area contributed by atoms with Crippen molar-refractivity contribution in [2.75, 3.05) is 13.7 Å². The van der Waals surface area contributed by atoms with E-state index in [9.17, 15) is 14.4 Å². The van der Waals surface area contributed by atoms with E-state index in [0.29, 0.717) is 11.5 Å². The highest BCUT2D eigenvalue weighted by Crippen LogP contribution is 2.16. The zero-order chi connectivity index (χ0) is 19.1. The standard InChI is InChI=1S/C18H21N3O5/c1-4-10-19-16(22)20(11-5-2)18(24)21(17(19)23)12-13-26-15-8-6-14(25-3)7-9-15/h4-9H,1-2,10-13H2,3H3. The lowest BCUT2D eigenvalue weighted by Gasteiger charge is -2.12. The number of nitrogens with zero attached hydrogens (tertiary/aromatic N) is 3. The molecule has 0 N–H and O–H groups in total. The molecule has 0 aliphatic rings. The number of ether oxygens (including phenoxy) is 2. The SMILES string of the molecule is C=CCn1c(=O)n(CC=C)c(=O)n(CCOc2ccc(OC)cc2)c1=O. The van der Waals surface area contributed by atoms with E-state index in [4.69, 9.17) is 9.47 Å². The van der Waals surface area contributed by atoms with Crippen LogP contribution in [0.15, 0.2) is 64.0 Å². The third-order valence-electron chi connectivity index (χ3n) is 3.65. The summed E-state index contributed by atoms with van der Waals surface area (Å²) in [5.74, 6) is 1.27. The summed E-state index contributed by atoms with van der Waals surface area (Å²) in [5.41, 5.74) is -2.08. The van der Waals surface area contributed by atoms with E-state index in [1.54, 1.807) is 31.4 Å². The van der Waals surface area contributed by atoms with Crippen LogP contribution in [-0.2, 0) is 19.6 Å². The van der Waals surface area contributed by atoms with E-state index >= 15 is 0 Å². The van der Waals surface area contributed by atoms with Gasteiger partial charge in [-0.05, 0) is 24.3 Å². The first kappa shape index (κ1) is 19.0. The largest absolute Gasteiger partial charge is 0.497 e.